The summed E-state index contributed by atoms with van der Waals surface area (Å²) in [6.07, 6.45) is 1.82. The molecule has 0 radical (unpaired) electrons. The molecule has 0 aromatic heterocycles. The summed E-state index contributed by atoms with van der Waals surface area (Å²) in [4.78, 5) is 1.95. The maximum absolute atomic E-state index is 11.9. The molecule has 0 fully saturated rings. The highest BCUT2D eigenvalue weighted by molar-refractivity contribution is 5.02. The van der Waals surface area contributed by atoms with Crippen molar-refractivity contribution in [1.29, 1.82) is 0 Å². The maximum atomic E-state index is 11.9. The van der Waals surface area contributed by atoms with E-state index in [4.69, 9.17) is 0 Å². The van der Waals surface area contributed by atoms with E-state index in [0.29, 0.717) is 0 Å². The topological polar surface area (TPSA) is 3.24 Å². The average Bonchev–Trinajstić information content (AvgIpc) is 1.82. The molecule has 0 spiro atoms. The van der Waals surface area contributed by atoms with Crippen LogP contribution in [-0.2, 0) is 0 Å². The van der Waals surface area contributed by atoms with E-state index in [1.54, 1.807) is 0 Å². The summed E-state index contributed by atoms with van der Waals surface area (Å²) in [7, 11) is 3.86. The Balaban J connectivity index is 3.58. The van der Waals surface area contributed by atoms with Gasteiger partial charge in [-0.1, -0.05) is 6.08 Å². The van der Waals surface area contributed by atoms with Gasteiger partial charge in [-0.05, 0) is 26.6 Å². The number of hydrogen-bond donors (Lipinski definition) is 0. The zero-order chi connectivity index (χ0) is 7.28. The fourth-order valence-corrected chi connectivity index (χ4v) is 0.617. The molecule has 0 bridgehead atoms. The Hall–Kier alpha value is -0.370. The van der Waals surface area contributed by atoms with Crippen LogP contribution in [0.1, 0.15) is 6.92 Å². The molecule has 0 aliphatic carbocycles. The number of rotatable bonds is 3. The lowest BCUT2D eigenvalue weighted by Gasteiger charge is -2.09. The minimum absolute atomic E-state index is 0.325. The van der Waals surface area contributed by atoms with Crippen LogP contribution in [-0.4, -0.2) is 32.2 Å². The van der Waals surface area contributed by atoms with E-state index in [2.05, 4.69) is 0 Å². The monoisotopic (exact) mass is 131 g/mol. The third-order valence-electron chi connectivity index (χ3n) is 1.10. The van der Waals surface area contributed by atoms with Crippen molar-refractivity contribution >= 4 is 0 Å². The van der Waals surface area contributed by atoms with Crippen LogP contribution in [0.5, 0.6) is 0 Å². The maximum Gasteiger partial charge on any atom is 0.112 e. The molecule has 0 aromatic rings. The predicted molar refractivity (Wildman–Crippen MR) is 38.3 cm³/mol. The van der Waals surface area contributed by atoms with E-state index >= 15 is 0 Å². The van der Waals surface area contributed by atoms with Gasteiger partial charge in [-0.25, -0.2) is 4.39 Å². The molecular formula is C7H14FN. The van der Waals surface area contributed by atoms with Gasteiger partial charge in [-0.3, -0.25) is 0 Å². The average molecular weight is 131 g/mol. The van der Waals surface area contributed by atoms with E-state index in [1.165, 1.54) is 0 Å². The minimum atomic E-state index is -0.325. The van der Waals surface area contributed by atoms with Crippen LogP contribution in [0.4, 0.5) is 4.39 Å². The number of nitrogens with zero attached hydrogens (tertiary/aromatic N) is 1. The van der Waals surface area contributed by atoms with Crippen molar-refractivity contribution in [3.63, 3.8) is 0 Å². The van der Waals surface area contributed by atoms with Crippen LogP contribution < -0.4 is 0 Å². The molecule has 9 heavy (non-hydrogen) atoms. The van der Waals surface area contributed by atoms with Gasteiger partial charge in [-0.2, -0.15) is 0 Å². The highest BCUT2D eigenvalue weighted by Crippen LogP contribution is 1.95. The minimum Gasteiger partial charge on any atom is -0.305 e. The second-order valence-electron chi connectivity index (χ2n) is 2.32. The Morgan fingerprint density at radius 3 is 2.22 bits per heavy atom. The summed E-state index contributed by atoms with van der Waals surface area (Å²) in [5.74, 6) is 0. The quantitative estimate of drug-likeness (QED) is 0.524. The summed E-state index contributed by atoms with van der Waals surface area (Å²) < 4.78 is 11.9. The first-order valence-corrected chi connectivity index (χ1v) is 3.05. The summed E-state index contributed by atoms with van der Waals surface area (Å²) >= 11 is 0. The molecule has 0 amide bonds. The molecule has 0 saturated heterocycles. The van der Waals surface area contributed by atoms with Gasteiger partial charge in [0.1, 0.15) is 6.67 Å². The lowest BCUT2D eigenvalue weighted by molar-refractivity contribution is 0.419. The zero-order valence-electron chi connectivity index (χ0n) is 6.32. The fourth-order valence-electron chi connectivity index (χ4n) is 0.617. The Kier molecular flexibility index (Phi) is 4.32. The molecule has 2 heteroatoms. The number of alkyl halides is 1. The van der Waals surface area contributed by atoms with Crippen molar-refractivity contribution in [3.8, 4) is 0 Å². The number of halogens is 1. The summed E-state index contributed by atoms with van der Waals surface area (Å²) in [5, 5.41) is 0. The molecule has 0 saturated carbocycles. The first kappa shape index (κ1) is 8.63. The van der Waals surface area contributed by atoms with Crippen LogP contribution in [0.25, 0.3) is 0 Å². The van der Waals surface area contributed by atoms with Gasteiger partial charge >= 0.3 is 0 Å². The predicted octanol–water partition coefficient (Wildman–Crippen LogP) is 1.46. The van der Waals surface area contributed by atoms with E-state index in [0.717, 1.165) is 12.1 Å². The lowest BCUT2D eigenvalue weighted by Crippen LogP contribution is -2.15. The third kappa shape index (κ3) is 4.15. The summed E-state index contributed by atoms with van der Waals surface area (Å²) in [6.45, 7) is 2.26. The zero-order valence-corrected chi connectivity index (χ0v) is 6.32. The molecule has 0 aromatic carbocycles. The van der Waals surface area contributed by atoms with E-state index in [-0.39, 0.29) is 6.67 Å². The second-order valence-corrected chi connectivity index (χ2v) is 2.32. The second kappa shape index (κ2) is 4.50. The first-order valence-electron chi connectivity index (χ1n) is 3.05. The molecule has 0 N–H and O–H groups in total. The molecule has 0 aliphatic rings. The van der Waals surface area contributed by atoms with Crippen molar-refractivity contribution < 1.29 is 4.39 Å². The Labute approximate surface area is 56.2 Å². The van der Waals surface area contributed by atoms with Gasteiger partial charge in [0.05, 0.1) is 0 Å². The van der Waals surface area contributed by atoms with Crippen LogP contribution in [0, 0.1) is 0 Å². The lowest BCUT2D eigenvalue weighted by atomic mass is 10.3. The van der Waals surface area contributed by atoms with Crippen molar-refractivity contribution in [2.45, 2.75) is 6.92 Å². The number of hydrogen-bond acceptors (Lipinski definition) is 1. The highest BCUT2D eigenvalue weighted by atomic mass is 19.1. The molecule has 0 unspecified atom stereocenters. The van der Waals surface area contributed by atoms with E-state index in [9.17, 15) is 4.39 Å². The Morgan fingerprint density at radius 1 is 1.56 bits per heavy atom. The molecular weight excluding hydrogens is 117 g/mol. The summed E-state index contributed by atoms with van der Waals surface area (Å²) in [6, 6.07) is 0. The molecule has 0 aliphatic heterocycles. The van der Waals surface area contributed by atoms with Crippen LogP contribution in [0.3, 0.4) is 0 Å². The van der Waals surface area contributed by atoms with Crippen LogP contribution in [0.2, 0.25) is 0 Å². The van der Waals surface area contributed by atoms with Gasteiger partial charge in [0.2, 0.25) is 0 Å². The van der Waals surface area contributed by atoms with Crippen LogP contribution >= 0.6 is 0 Å². The van der Waals surface area contributed by atoms with Crippen molar-refractivity contribution in [2.75, 3.05) is 27.3 Å². The number of allylic oxidation sites excluding steroid dienone is 1. The number of likely N-dealkylation sites (N-methyl/N-ethyl adjacent to an activating group) is 1. The van der Waals surface area contributed by atoms with Gasteiger partial charge in [-0.15, -0.1) is 0 Å². The molecule has 0 rings (SSSR count). The SMILES string of the molecule is C/C=C(/CF)CN(C)C. The normalized spacial score (nSPS) is 12.8. The van der Waals surface area contributed by atoms with Gasteiger partial charge in [0.25, 0.3) is 0 Å². The van der Waals surface area contributed by atoms with Crippen molar-refractivity contribution in [1.82, 2.24) is 4.90 Å². The van der Waals surface area contributed by atoms with Gasteiger partial charge < -0.3 is 4.90 Å². The van der Waals surface area contributed by atoms with Crippen molar-refractivity contribution in [3.05, 3.63) is 11.6 Å². The summed E-state index contributed by atoms with van der Waals surface area (Å²) in [5.41, 5.74) is 0.847. The van der Waals surface area contributed by atoms with Crippen LogP contribution in [0.15, 0.2) is 11.6 Å². The standard InChI is InChI=1S/C7H14FN/c1-4-7(5-8)6-9(2)3/h4H,5-6H2,1-3H3/b7-4-. The third-order valence-corrected chi connectivity index (χ3v) is 1.10. The van der Waals surface area contributed by atoms with Gasteiger partial charge in [0, 0.05) is 6.54 Å². The molecule has 54 valence electrons. The van der Waals surface area contributed by atoms with E-state index in [1.807, 2.05) is 32.0 Å². The largest absolute Gasteiger partial charge is 0.305 e. The first-order chi connectivity index (χ1) is 4.20. The van der Waals surface area contributed by atoms with E-state index < -0.39 is 0 Å². The Bertz CT molecular complexity index is 97.1. The molecule has 0 heterocycles. The fraction of sp³-hybridized carbons (Fsp3) is 0.714. The molecule has 1 nitrogen and oxygen atoms in total. The van der Waals surface area contributed by atoms with Crippen molar-refractivity contribution in [2.24, 2.45) is 0 Å². The van der Waals surface area contributed by atoms with Gasteiger partial charge in [0.15, 0.2) is 0 Å². The highest BCUT2D eigenvalue weighted by Gasteiger charge is 1.94. The molecule has 0 atom stereocenters. The smallest absolute Gasteiger partial charge is 0.112 e. The Morgan fingerprint density at radius 2 is 2.11 bits per heavy atom.